The maximum atomic E-state index is 11.8. The van der Waals surface area contributed by atoms with Crippen molar-refractivity contribution in [2.24, 2.45) is 5.10 Å². The number of phenolic OH excluding ortho intramolecular Hbond substituents is 1. The van der Waals surface area contributed by atoms with Crippen LogP contribution in [0, 0.1) is 0 Å². The van der Waals surface area contributed by atoms with Crippen LogP contribution in [-0.4, -0.2) is 17.2 Å². The van der Waals surface area contributed by atoms with Gasteiger partial charge in [0.1, 0.15) is 5.75 Å². The molecule has 2 N–H and O–H groups in total. The number of halogens is 1. The van der Waals surface area contributed by atoms with E-state index in [9.17, 15) is 9.90 Å². The van der Waals surface area contributed by atoms with Crippen molar-refractivity contribution in [2.75, 3.05) is 0 Å². The zero-order valence-corrected chi connectivity index (χ0v) is 20.4. The van der Waals surface area contributed by atoms with Gasteiger partial charge in [0.2, 0.25) is 5.91 Å². The van der Waals surface area contributed by atoms with Gasteiger partial charge < -0.3 is 5.11 Å². The molecule has 1 rings (SSSR count). The molecule has 1 aromatic carbocycles. The number of rotatable bonds is 18. The Morgan fingerprint density at radius 2 is 1.40 bits per heavy atom. The van der Waals surface area contributed by atoms with E-state index in [1.807, 2.05) is 0 Å². The monoisotopic (exact) mass is 480 g/mol. The highest BCUT2D eigenvalue weighted by Crippen LogP contribution is 2.20. The molecule has 0 aliphatic heterocycles. The molecule has 0 aliphatic rings. The quantitative estimate of drug-likeness (QED) is 0.127. The SMILES string of the molecule is CCCCCCCCCCCCCCCCCC(=O)NN=Cc1cc(Br)ccc1O. The van der Waals surface area contributed by atoms with Gasteiger partial charge in [-0.1, -0.05) is 113 Å². The highest BCUT2D eigenvalue weighted by molar-refractivity contribution is 9.10. The van der Waals surface area contributed by atoms with Crippen molar-refractivity contribution in [2.45, 2.75) is 110 Å². The molecule has 0 aromatic heterocycles. The van der Waals surface area contributed by atoms with Gasteiger partial charge in [0.15, 0.2) is 0 Å². The summed E-state index contributed by atoms with van der Waals surface area (Å²) in [5, 5.41) is 13.7. The average Bonchev–Trinajstić information content (AvgIpc) is 2.73. The van der Waals surface area contributed by atoms with Crippen LogP contribution < -0.4 is 5.43 Å². The number of benzene rings is 1. The first kappa shape index (κ1) is 26.7. The van der Waals surface area contributed by atoms with Crippen LogP contribution in [-0.2, 0) is 4.79 Å². The lowest BCUT2D eigenvalue weighted by molar-refractivity contribution is -0.121. The number of aromatic hydroxyl groups is 1. The number of hydrazone groups is 1. The molecule has 5 heteroatoms. The van der Waals surface area contributed by atoms with E-state index in [1.54, 1.807) is 18.2 Å². The molecule has 0 saturated heterocycles. The second-order valence-corrected chi connectivity index (χ2v) is 9.11. The molecule has 0 atom stereocenters. The maximum Gasteiger partial charge on any atom is 0.240 e. The minimum Gasteiger partial charge on any atom is -0.507 e. The predicted octanol–water partition coefficient (Wildman–Crippen LogP) is 7.87. The first-order valence-corrected chi connectivity index (χ1v) is 12.7. The van der Waals surface area contributed by atoms with Gasteiger partial charge in [0, 0.05) is 16.5 Å². The molecule has 4 nitrogen and oxygen atoms in total. The summed E-state index contributed by atoms with van der Waals surface area (Å²) in [7, 11) is 0. The fourth-order valence-corrected chi connectivity index (χ4v) is 3.89. The van der Waals surface area contributed by atoms with Gasteiger partial charge in [-0.15, -0.1) is 0 Å². The van der Waals surface area contributed by atoms with Crippen LogP contribution in [0.25, 0.3) is 0 Å². The molecule has 0 radical (unpaired) electrons. The average molecular weight is 482 g/mol. The van der Waals surface area contributed by atoms with E-state index in [0.717, 1.165) is 17.3 Å². The summed E-state index contributed by atoms with van der Waals surface area (Å²) in [5.41, 5.74) is 3.10. The van der Waals surface area contributed by atoms with Gasteiger partial charge >= 0.3 is 0 Å². The Hall–Kier alpha value is -1.36. The number of unbranched alkanes of at least 4 members (excludes halogenated alkanes) is 14. The van der Waals surface area contributed by atoms with Crippen LogP contribution in [0.4, 0.5) is 0 Å². The normalized spacial score (nSPS) is 11.3. The van der Waals surface area contributed by atoms with Gasteiger partial charge in [-0.2, -0.15) is 5.10 Å². The van der Waals surface area contributed by atoms with Crippen LogP contribution in [0.15, 0.2) is 27.8 Å². The van der Waals surface area contributed by atoms with Crippen molar-refractivity contribution in [3.8, 4) is 5.75 Å². The summed E-state index contributed by atoms with van der Waals surface area (Å²) >= 11 is 3.34. The zero-order chi connectivity index (χ0) is 21.9. The van der Waals surface area contributed by atoms with E-state index < -0.39 is 0 Å². The number of phenols is 1. The number of carbonyl (C=O) groups is 1. The molecule has 0 fully saturated rings. The smallest absolute Gasteiger partial charge is 0.240 e. The highest BCUT2D eigenvalue weighted by atomic mass is 79.9. The summed E-state index contributed by atoms with van der Waals surface area (Å²) < 4.78 is 0.853. The Bertz CT molecular complexity index is 605. The van der Waals surface area contributed by atoms with Gasteiger partial charge in [-0.05, 0) is 24.6 Å². The third kappa shape index (κ3) is 14.6. The second-order valence-electron chi connectivity index (χ2n) is 8.20. The summed E-state index contributed by atoms with van der Waals surface area (Å²) in [6, 6.07) is 5.09. The number of amides is 1. The minimum atomic E-state index is -0.0737. The molecule has 0 bridgehead atoms. The van der Waals surface area contributed by atoms with Gasteiger partial charge in [0.05, 0.1) is 6.21 Å². The van der Waals surface area contributed by atoms with E-state index in [-0.39, 0.29) is 11.7 Å². The Kier molecular flexibility index (Phi) is 16.4. The zero-order valence-electron chi connectivity index (χ0n) is 18.8. The lowest BCUT2D eigenvalue weighted by Crippen LogP contribution is -2.16. The van der Waals surface area contributed by atoms with Crippen LogP contribution >= 0.6 is 15.9 Å². The topological polar surface area (TPSA) is 61.7 Å². The largest absolute Gasteiger partial charge is 0.507 e. The van der Waals surface area contributed by atoms with Crippen molar-refractivity contribution < 1.29 is 9.90 Å². The fraction of sp³-hybridized carbons (Fsp3) is 0.680. The number of nitrogens with one attached hydrogen (secondary N) is 1. The highest BCUT2D eigenvalue weighted by Gasteiger charge is 2.01. The Balaban J connectivity index is 1.89. The first-order chi connectivity index (χ1) is 14.6. The second kappa shape index (κ2) is 18.4. The Labute approximate surface area is 192 Å². The predicted molar refractivity (Wildman–Crippen MR) is 131 cm³/mol. The lowest BCUT2D eigenvalue weighted by atomic mass is 10.0. The summed E-state index contributed by atoms with van der Waals surface area (Å²) in [5.74, 6) is 0.0639. The van der Waals surface area contributed by atoms with Crippen molar-refractivity contribution >= 4 is 28.1 Å². The molecule has 0 spiro atoms. The number of hydrogen-bond acceptors (Lipinski definition) is 3. The first-order valence-electron chi connectivity index (χ1n) is 11.9. The molecule has 0 saturated carbocycles. The number of hydrogen-bond donors (Lipinski definition) is 2. The molecular weight excluding hydrogens is 440 g/mol. The van der Waals surface area contributed by atoms with E-state index in [1.165, 1.54) is 89.7 Å². The van der Waals surface area contributed by atoms with Gasteiger partial charge in [-0.3, -0.25) is 4.79 Å². The Morgan fingerprint density at radius 3 is 1.93 bits per heavy atom. The molecule has 0 unspecified atom stereocenters. The van der Waals surface area contributed by atoms with Crippen LogP contribution in [0.3, 0.4) is 0 Å². The van der Waals surface area contributed by atoms with E-state index >= 15 is 0 Å². The molecule has 170 valence electrons. The van der Waals surface area contributed by atoms with Crippen molar-refractivity contribution in [1.82, 2.24) is 5.43 Å². The summed E-state index contributed by atoms with van der Waals surface area (Å²) in [4.78, 5) is 11.8. The minimum absolute atomic E-state index is 0.0737. The van der Waals surface area contributed by atoms with E-state index in [0.29, 0.717) is 12.0 Å². The van der Waals surface area contributed by atoms with Crippen LogP contribution in [0.5, 0.6) is 5.75 Å². The number of nitrogens with zero attached hydrogens (tertiary/aromatic N) is 1. The lowest BCUT2D eigenvalue weighted by Gasteiger charge is -2.03. The Morgan fingerprint density at radius 1 is 0.900 bits per heavy atom. The van der Waals surface area contributed by atoms with Crippen molar-refractivity contribution in [3.05, 3.63) is 28.2 Å². The summed E-state index contributed by atoms with van der Waals surface area (Å²) in [6.45, 7) is 2.27. The third-order valence-electron chi connectivity index (χ3n) is 5.39. The standard InChI is InChI=1S/C25H41BrN2O2/c1-2-3-4-5-6-7-8-9-10-11-12-13-14-15-16-17-25(30)28-27-21-22-20-23(26)18-19-24(22)29/h18-21,29H,2-17H2,1H3,(H,28,30). The molecule has 30 heavy (non-hydrogen) atoms. The van der Waals surface area contributed by atoms with Gasteiger partial charge in [-0.25, -0.2) is 5.43 Å². The van der Waals surface area contributed by atoms with Crippen LogP contribution in [0.1, 0.15) is 115 Å². The number of carbonyl (C=O) groups excluding carboxylic acids is 1. The maximum absolute atomic E-state index is 11.8. The van der Waals surface area contributed by atoms with Crippen molar-refractivity contribution in [3.63, 3.8) is 0 Å². The molecular formula is C25H41BrN2O2. The van der Waals surface area contributed by atoms with Gasteiger partial charge in [0.25, 0.3) is 0 Å². The molecule has 1 amide bonds. The van der Waals surface area contributed by atoms with Crippen molar-refractivity contribution in [1.29, 1.82) is 0 Å². The van der Waals surface area contributed by atoms with E-state index in [2.05, 4.69) is 33.4 Å². The molecule has 1 aromatic rings. The fourth-order valence-electron chi connectivity index (χ4n) is 3.52. The van der Waals surface area contributed by atoms with Crippen LogP contribution in [0.2, 0.25) is 0 Å². The molecule has 0 heterocycles. The third-order valence-corrected chi connectivity index (χ3v) is 5.88. The molecule has 0 aliphatic carbocycles. The summed E-state index contributed by atoms with van der Waals surface area (Å²) in [6.07, 6.45) is 21.7. The van der Waals surface area contributed by atoms with E-state index in [4.69, 9.17) is 0 Å².